The fraction of sp³-hybridized carbons (Fsp3) is 0.500. The Kier molecular flexibility index (Phi) is 3.41. The van der Waals surface area contributed by atoms with Crippen molar-refractivity contribution in [2.45, 2.75) is 25.7 Å². The topological polar surface area (TPSA) is 58.0 Å². The molecule has 0 bridgehead atoms. The van der Waals surface area contributed by atoms with Gasteiger partial charge in [0.2, 0.25) is 5.13 Å². The number of aromatic nitrogens is 4. The van der Waals surface area contributed by atoms with E-state index in [1.54, 1.807) is 29.0 Å². The van der Waals surface area contributed by atoms with Crippen LogP contribution in [-0.4, -0.2) is 46.3 Å². The fourth-order valence-electron chi connectivity index (χ4n) is 3.17. The van der Waals surface area contributed by atoms with Gasteiger partial charge in [0.25, 0.3) is 0 Å². The molecule has 4 heterocycles. The molecule has 0 amide bonds. The lowest BCUT2D eigenvalue weighted by Gasteiger charge is -2.35. The van der Waals surface area contributed by atoms with Gasteiger partial charge in [-0.15, -0.1) is 21.5 Å². The Morgan fingerprint density at radius 1 is 1.00 bits per heavy atom. The van der Waals surface area contributed by atoms with E-state index in [4.69, 9.17) is 0 Å². The van der Waals surface area contributed by atoms with Crippen LogP contribution in [0.5, 0.6) is 0 Å². The molecule has 1 saturated heterocycles. The van der Waals surface area contributed by atoms with Crippen LogP contribution in [0.2, 0.25) is 0 Å². The molecule has 0 atom stereocenters. The van der Waals surface area contributed by atoms with Gasteiger partial charge in [0.15, 0.2) is 0 Å². The predicted octanol–water partition coefficient (Wildman–Crippen LogP) is 3.06. The van der Waals surface area contributed by atoms with Crippen LogP contribution in [0.4, 0.5) is 10.9 Å². The zero-order valence-corrected chi connectivity index (χ0v) is 15.1. The molecule has 0 unspecified atom stereocenters. The Morgan fingerprint density at radius 2 is 1.79 bits per heavy atom. The third kappa shape index (κ3) is 2.53. The van der Waals surface area contributed by atoms with Gasteiger partial charge in [-0.25, -0.2) is 9.97 Å². The molecule has 0 aromatic carbocycles. The lowest BCUT2D eigenvalue weighted by atomic mass is 10.2. The predicted molar refractivity (Wildman–Crippen MR) is 98.5 cm³/mol. The maximum absolute atomic E-state index is 4.55. The van der Waals surface area contributed by atoms with Gasteiger partial charge in [-0.3, -0.25) is 0 Å². The Bertz CT molecular complexity index is 876. The molecule has 6 nitrogen and oxygen atoms in total. The minimum absolute atomic E-state index is 0.689. The van der Waals surface area contributed by atoms with Crippen LogP contribution in [0.15, 0.2) is 12.4 Å². The molecular weight excluding hydrogens is 340 g/mol. The summed E-state index contributed by atoms with van der Waals surface area (Å²) in [6.45, 7) is 5.97. The molecule has 1 aliphatic heterocycles. The molecule has 3 aromatic heterocycles. The fourth-order valence-corrected chi connectivity index (χ4v) is 5.08. The van der Waals surface area contributed by atoms with E-state index in [-0.39, 0.29) is 0 Å². The van der Waals surface area contributed by atoms with Crippen molar-refractivity contribution in [1.29, 1.82) is 0 Å². The van der Waals surface area contributed by atoms with Gasteiger partial charge in [0.1, 0.15) is 22.0 Å². The Balaban J connectivity index is 1.33. The molecule has 1 saturated carbocycles. The van der Waals surface area contributed by atoms with Gasteiger partial charge in [-0.2, -0.15) is 0 Å². The standard InChI is InChI=1S/C16H18N6S2/c1-10-8-12-13(17-9-18-15(12)23-10)21-4-6-22(7-5-21)16-20-19-14(24-16)11-2-3-11/h8-9,11H,2-7H2,1H3. The second-order valence-corrected chi connectivity index (χ2v) is 8.67. The normalized spacial score (nSPS) is 18.5. The molecule has 24 heavy (non-hydrogen) atoms. The maximum Gasteiger partial charge on any atom is 0.208 e. The number of hydrogen-bond donors (Lipinski definition) is 0. The van der Waals surface area contributed by atoms with Crippen LogP contribution >= 0.6 is 22.7 Å². The highest BCUT2D eigenvalue weighted by Gasteiger charge is 2.29. The van der Waals surface area contributed by atoms with Crippen LogP contribution in [0.1, 0.15) is 28.6 Å². The smallest absolute Gasteiger partial charge is 0.208 e. The summed E-state index contributed by atoms with van der Waals surface area (Å²) in [4.78, 5) is 16.0. The van der Waals surface area contributed by atoms with Crippen molar-refractivity contribution in [2.24, 2.45) is 0 Å². The minimum Gasteiger partial charge on any atom is -0.352 e. The number of aryl methyl sites for hydroxylation is 1. The molecule has 124 valence electrons. The molecule has 5 rings (SSSR count). The van der Waals surface area contributed by atoms with Crippen molar-refractivity contribution >= 4 is 43.8 Å². The van der Waals surface area contributed by atoms with Crippen LogP contribution in [0.3, 0.4) is 0 Å². The van der Waals surface area contributed by atoms with Crippen LogP contribution in [-0.2, 0) is 0 Å². The van der Waals surface area contributed by atoms with Crippen molar-refractivity contribution in [3.8, 4) is 0 Å². The number of rotatable bonds is 3. The average Bonchev–Trinajstić information content (AvgIpc) is 3.20. The van der Waals surface area contributed by atoms with Gasteiger partial charge in [-0.1, -0.05) is 11.3 Å². The summed E-state index contributed by atoms with van der Waals surface area (Å²) >= 11 is 3.51. The van der Waals surface area contributed by atoms with E-state index in [1.165, 1.54) is 28.1 Å². The highest BCUT2D eigenvalue weighted by atomic mass is 32.1. The summed E-state index contributed by atoms with van der Waals surface area (Å²) in [7, 11) is 0. The zero-order valence-electron chi connectivity index (χ0n) is 13.5. The van der Waals surface area contributed by atoms with E-state index >= 15 is 0 Å². The third-order valence-electron chi connectivity index (χ3n) is 4.64. The Hall–Kier alpha value is -1.80. The molecular formula is C16H18N6S2. The summed E-state index contributed by atoms with van der Waals surface area (Å²) in [5.41, 5.74) is 0. The first-order valence-electron chi connectivity index (χ1n) is 8.32. The second-order valence-electron chi connectivity index (χ2n) is 6.44. The average molecular weight is 358 g/mol. The highest BCUT2D eigenvalue weighted by molar-refractivity contribution is 7.18. The van der Waals surface area contributed by atoms with E-state index in [9.17, 15) is 0 Å². The lowest BCUT2D eigenvalue weighted by Crippen LogP contribution is -2.46. The van der Waals surface area contributed by atoms with Crippen molar-refractivity contribution in [2.75, 3.05) is 36.0 Å². The molecule has 8 heteroatoms. The molecule has 2 aliphatic rings. The van der Waals surface area contributed by atoms with Gasteiger partial charge < -0.3 is 9.80 Å². The summed E-state index contributed by atoms with van der Waals surface area (Å²) in [5, 5.41) is 12.3. The number of piperazine rings is 1. The minimum atomic E-state index is 0.689. The molecule has 3 aromatic rings. The van der Waals surface area contributed by atoms with Crippen molar-refractivity contribution in [1.82, 2.24) is 20.2 Å². The Morgan fingerprint density at radius 3 is 2.58 bits per heavy atom. The summed E-state index contributed by atoms with van der Waals surface area (Å²) in [5.74, 6) is 1.76. The molecule has 0 radical (unpaired) electrons. The molecule has 0 N–H and O–H groups in total. The first kappa shape index (κ1) is 14.5. The number of fused-ring (bicyclic) bond motifs is 1. The Labute approximate surface area is 148 Å². The van der Waals surface area contributed by atoms with Crippen LogP contribution in [0, 0.1) is 6.92 Å². The largest absolute Gasteiger partial charge is 0.352 e. The van der Waals surface area contributed by atoms with Crippen LogP contribution in [0.25, 0.3) is 10.2 Å². The first-order valence-corrected chi connectivity index (χ1v) is 9.95. The third-order valence-corrected chi connectivity index (χ3v) is 6.74. The summed E-state index contributed by atoms with van der Waals surface area (Å²) < 4.78 is 0. The van der Waals surface area contributed by atoms with Gasteiger partial charge >= 0.3 is 0 Å². The zero-order chi connectivity index (χ0) is 16.1. The van der Waals surface area contributed by atoms with E-state index < -0.39 is 0 Å². The molecule has 1 aliphatic carbocycles. The van der Waals surface area contributed by atoms with E-state index in [0.29, 0.717) is 5.92 Å². The molecule has 2 fully saturated rings. The summed E-state index contributed by atoms with van der Waals surface area (Å²) in [6, 6.07) is 2.20. The SMILES string of the molecule is Cc1cc2c(N3CCN(c4nnc(C5CC5)s4)CC3)ncnc2s1. The van der Waals surface area contributed by atoms with Crippen molar-refractivity contribution < 1.29 is 0 Å². The lowest BCUT2D eigenvalue weighted by molar-refractivity contribution is 0.645. The van der Waals surface area contributed by atoms with Crippen LogP contribution < -0.4 is 9.80 Å². The summed E-state index contributed by atoms with van der Waals surface area (Å²) in [6.07, 6.45) is 4.25. The first-order chi connectivity index (χ1) is 11.8. The van der Waals surface area contributed by atoms with Gasteiger partial charge in [0, 0.05) is 37.0 Å². The number of thiophene rings is 1. The quantitative estimate of drug-likeness (QED) is 0.717. The van der Waals surface area contributed by atoms with E-state index in [2.05, 4.69) is 43.0 Å². The van der Waals surface area contributed by atoms with Crippen molar-refractivity contribution in [3.05, 3.63) is 22.3 Å². The van der Waals surface area contributed by atoms with Gasteiger partial charge in [-0.05, 0) is 25.8 Å². The number of anilines is 2. The van der Waals surface area contributed by atoms with E-state index in [0.717, 1.165) is 42.0 Å². The molecule has 0 spiro atoms. The van der Waals surface area contributed by atoms with Crippen molar-refractivity contribution in [3.63, 3.8) is 0 Å². The number of nitrogens with zero attached hydrogens (tertiary/aromatic N) is 6. The maximum atomic E-state index is 4.55. The monoisotopic (exact) mass is 358 g/mol. The van der Waals surface area contributed by atoms with E-state index in [1.807, 2.05) is 0 Å². The number of hydrogen-bond acceptors (Lipinski definition) is 8. The van der Waals surface area contributed by atoms with Gasteiger partial charge in [0.05, 0.1) is 5.39 Å². The second kappa shape index (κ2) is 5.63. The highest BCUT2D eigenvalue weighted by Crippen LogP contribution is 2.42.